The van der Waals surface area contributed by atoms with E-state index in [2.05, 4.69) is 5.18 Å². The number of rotatable bonds is 3. The monoisotopic (exact) mass is 143 g/mol. The summed E-state index contributed by atoms with van der Waals surface area (Å²) in [4.78, 5) is 9.75. The standard InChI is InChI=1S/C7H10FNO/c1-3-4-5-7(8)6(2)9-10/h3-6H,1-2H3/b4-3-,7-5+. The molecule has 0 radical (unpaired) electrons. The van der Waals surface area contributed by atoms with E-state index in [1.165, 1.54) is 19.1 Å². The Bertz CT molecular complexity index is 163. The molecule has 0 N–H and O–H groups in total. The number of hydrogen-bond acceptors (Lipinski definition) is 2. The summed E-state index contributed by atoms with van der Waals surface area (Å²) in [6, 6.07) is -0.865. The van der Waals surface area contributed by atoms with E-state index in [0.717, 1.165) is 0 Å². The average molecular weight is 143 g/mol. The maximum absolute atomic E-state index is 12.5. The second kappa shape index (κ2) is 4.85. The molecule has 2 nitrogen and oxygen atoms in total. The minimum absolute atomic E-state index is 0.506. The van der Waals surface area contributed by atoms with Gasteiger partial charge in [0.05, 0.1) is 0 Å². The van der Waals surface area contributed by atoms with Crippen molar-refractivity contribution in [2.75, 3.05) is 0 Å². The van der Waals surface area contributed by atoms with Crippen molar-refractivity contribution in [2.45, 2.75) is 19.9 Å². The van der Waals surface area contributed by atoms with Crippen molar-refractivity contribution in [1.29, 1.82) is 0 Å². The van der Waals surface area contributed by atoms with Gasteiger partial charge in [-0.3, -0.25) is 0 Å². The highest BCUT2D eigenvalue weighted by Crippen LogP contribution is 2.06. The third kappa shape index (κ3) is 3.12. The fraction of sp³-hybridized carbons (Fsp3) is 0.429. The zero-order chi connectivity index (χ0) is 7.98. The number of nitrogens with zero attached hydrogens (tertiary/aromatic N) is 1. The second-order valence-corrected chi connectivity index (χ2v) is 1.86. The second-order valence-electron chi connectivity index (χ2n) is 1.86. The van der Waals surface area contributed by atoms with Crippen molar-refractivity contribution in [3.05, 3.63) is 29.0 Å². The first kappa shape index (κ1) is 9.01. The maximum Gasteiger partial charge on any atom is 0.140 e. The number of allylic oxidation sites excluding steroid dienone is 3. The van der Waals surface area contributed by atoms with Gasteiger partial charge in [-0.15, -0.1) is 0 Å². The van der Waals surface area contributed by atoms with Crippen LogP contribution in [0.3, 0.4) is 0 Å². The van der Waals surface area contributed by atoms with Crippen LogP contribution in [-0.4, -0.2) is 6.04 Å². The first-order valence-corrected chi connectivity index (χ1v) is 3.03. The summed E-state index contributed by atoms with van der Waals surface area (Å²) < 4.78 is 12.5. The van der Waals surface area contributed by atoms with Gasteiger partial charge < -0.3 is 0 Å². The van der Waals surface area contributed by atoms with E-state index < -0.39 is 11.9 Å². The summed E-state index contributed by atoms with van der Waals surface area (Å²) in [5.41, 5.74) is 0. The van der Waals surface area contributed by atoms with E-state index in [4.69, 9.17) is 0 Å². The van der Waals surface area contributed by atoms with E-state index in [0.29, 0.717) is 0 Å². The molecule has 0 rings (SSSR count). The highest BCUT2D eigenvalue weighted by Gasteiger charge is 2.04. The molecule has 1 atom stereocenters. The predicted molar refractivity (Wildman–Crippen MR) is 39.3 cm³/mol. The Morgan fingerprint density at radius 2 is 2.30 bits per heavy atom. The summed E-state index contributed by atoms with van der Waals surface area (Å²) in [7, 11) is 0. The lowest BCUT2D eigenvalue weighted by Gasteiger charge is -1.94. The summed E-state index contributed by atoms with van der Waals surface area (Å²) in [5.74, 6) is -0.506. The molecule has 1 unspecified atom stereocenters. The van der Waals surface area contributed by atoms with Crippen molar-refractivity contribution < 1.29 is 4.39 Å². The lowest BCUT2D eigenvalue weighted by Crippen LogP contribution is -1.95. The van der Waals surface area contributed by atoms with E-state index in [-0.39, 0.29) is 0 Å². The van der Waals surface area contributed by atoms with Gasteiger partial charge in [0.1, 0.15) is 11.9 Å². The fourth-order valence-electron chi connectivity index (χ4n) is 0.378. The molecule has 56 valence electrons. The van der Waals surface area contributed by atoms with Gasteiger partial charge in [0.2, 0.25) is 0 Å². The molecule has 0 saturated heterocycles. The van der Waals surface area contributed by atoms with Gasteiger partial charge >= 0.3 is 0 Å². The first-order chi connectivity index (χ1) is 4.72. The van der Waals surface area contributed by atoms with Gasteiger partial charge in [0.25, 0.3) is 0 Å². The Labute approximate surface area is 59.4 Å². The molecule has 10 heavy (non-hydrogen) atoms. The Balaban J connectivity index is 4.03. The van der Waals surface area contributed by atoms with Crippen molar-refractivity contribution >= 4 is 0 Å². The molecule has 0 aromatic heterocycles. The van der Waals surface area contributed by atoms with Crippen molar-refractivity contribution in [3.63, 3.8) is 0 Å². The zero-order valence-corrected chi connectivity index (χ0v) is 6.04. The van der Waals surface area contributed by atoms with Crippen LogP contribution >= 0.6 is 0 Å². The zero-order valence-electron chi connectivity index (χ0n) is 6.04. The van der Waals surface area contributed by atoms with E-state index in [1.807, 2.05) is 0 Å². The molecule has 0 aliphatic heterocycles. The molecule has 0 aromatic carbocycles. The van der Waals surface area contributed by atoms with Gasteiger partial charge in [0, 0.05) is 0 Å². The van der Waals surface area contributed by atoms with Crippen LogP contribution < -0.4 is 0 Å². The molecule has 0 bridgehead atoms. The van der Waals surface area contributed by atoms with E-state index in [1.54, 1.807) is 13.0 Å². The van der Waals surface area contributed by atoms with Crippen LogP contribution in [-0.2, 0) is 0 Å². The summed E-state index contributed by atoms with van der Waals surface area (Å²) in [6.45, 7) is 3.17. The van der Waals surface area contributed by atoms with Gasteiger partial charge in [-0.05, 0) is 19.9 Å². The minimum atomic E-state index is -0.865. The molecule has 0 spiro atoms. The molecule has 0 heterocycles. The molecule has 0 fully saturated rings. The minimum Gasteiger partial charge on any atom is -0.209 e. The van der Waals surface area contributed by atoms with Crippen LogP contribution in [0.4, 0.5) is 4.39 Å². The van der Waals surface area contributed by atoms with Crippen molar-refractivity contribution in [1.82, 2.24) is 0 Å². The number of halogens is 1. The fourth-order valence-corrected chi connectivity index (χ4v) is 0.378. The quantitative estimate of drug-likeness (QED) is 0.441. The third-order valence-electron chi connectivity index (χ3n) is 1.01. The molecular formula is C7H10FNO. The van der Waals surface area contributed by atoms with Crippen LogP contribution in [0.15, 0.2) is 29.2 Å². The summed E-state index contributed by atoms with van der Waals surface area (Å²) in [6.07, 6.45) is 4.43. The Morgan fingerprint density at radius 3 is 2.70 bits per heavy atom. The molecule has 3 heteroatoms. The average Bonchev–Trinajstić information content (AvgIpc) is 1.98. The van der Waals surface area contributed by atoms with Gasteiger partial charge in [-0.1, -0.05) is 17.3 Å². The predicted octanol–water partition coefficient (Wildman–Crippen LogP) is 2.57. The molecule has 0 aliphatic carbocycles. The number of hydrogen-bond donors (Lipinski definition) is 0. The third-order valence-corrected chi connectivity index (χ3v) is 1.01. The van der Waals surface area contributed by atoms with Gasteiger partial charge in [-0.25, -0.2) is 4.39 Å². The lowest BCUT2D eigenvalue weighted by molar-refractivity contribution is 0.560. The van der Waals surface area contributed by atoms with E-state index >= 15 is 0 Å². The molecule has 0 aliphatic rings. The molecule has 0 aromatic rings. The van der Waals surface area contributed by atoms with Crippen LogP contribution in [0.2, 0.25) is 0 Å². The van der Waals surface area contributed by atoms with Crippen LogP contribution in [0, 0.1) is 4.91 Å². The Kier molecular flexibility index (Phi) is 4.37. The Hall–Kier alpha value is -0.990. The van der Waals surface area contributed by atoms with Crippen LogP contribution in [0.5, 0.6) is 0 Å². The largest absolute Gasteiger partial charge is 0.209 e. The molecule has 0 saturated carbocycles. The van der Waals surface area contributed by atoms with E-state index in [9.17, 15) is 9.30 Å². The van der Waals surface area contributed by atoms with Crippen molar-refractivity contribution in [2.24, 2.45) is 5.18 Å². The smallest absolute Gasteiger partial charge is 0.140 e. The number of nitroso groups, excluding NO2 is 1. The summed E-state index contributed by atoms with van der Waals surface area (Å²) >= 11 is 0. The lowest BCUT2D eigenvalue weighted by atomic mass is 10.3. The van der Waals surface area contributed by atoms with Gasteiger partial charge in [0.15, 0.2) is 0 Å². The SMILES string of the molecule is C/C=C\C=C(\F)C(C)N=O. The molecule has 0 amide bonds. The Morgan fingerprint density at radius 1 is 1.70 bits per heavy atom. The topological polar surface area (TPSA) is 29.4 Å². The normalized spacial score (nSPS) is 15.7. The van der Waals surface area contributed by atoms with Gasteiger partial charge in [-0.2, -0.15) is 4.91 Å². The van der Waals surface area contributed by atoms with Crippen molar-refractivity contribution in [3.8, 4) is 0 Å². The van der Waals surface area contributed by atoms with Crippen LogP contribution in [0.25, 0.3) is 0 Å². The first-order valence-electron chi connectivity index (χ1n) is 3.03. The highest BCUT2D eigenvalue weighted by molar-refractivity contribution is 5.10. The van der Waals surface area contributed by atoms with Crippen LogP contribution in [0.1, 0.15) is 13.8 Å². The summed E-state index contributed by atoms with van der Waals surface area (Å²) in [5, 5.41) is 2.51. The highest BCUT2D eigenvalue weighted by atomic mass is 19.1. The maximum atomic E-state index is 12.5. The molecular weight excluding hydrogens is 133 g/mol.